The molecule has 0 radical (unpaired) electrons. The maximum Gasteiger partial charge on any atom is 0.305 e. The van der Waals surface area contributed by atoms with Crippen molar-refractivity contribution in [3.8, 4) is 0 Å². The number of hydrogen-bond donors (Lipinski definition) is 2. The predicted octanol–water partition coefficient (Wildman–Crippen LogP) is 0.764. The molecule has 3 rings (SSSR count). The van der Waals surface area contributed by atoms with Crippen LogP contribution in [0, 0.1) is 6.92 Å². The van der Waals surface area contributed by atoms with Crippen molar-refractivity contribution in [2.45, 2.75) is 32.4 Å². The lowest BCUT2D eigenvalue weighted by atomic mass is 10.1. The molecule has 146 valence electrons. The molecular weight excluding hydrogens is 372 g/mol. The molecule has 1 aliphatic rings. The molecule has 0 bridgehead atoms. The van der Waals surface area contributed by atoms with Gasteiger partial charge in [0.05, 0.1) is 36.2 Å². The molecule has 2 amide bonds. The van der Waals surface area contributed by atoms with E-state index in [1.54, 1.807) is 17.7 Å². The first-order valence-electron chi connectivity index (χ1n) is 8.62. The number of carbonyl (C=O) groups is 3. The quantitative estimate of drug-likeness (QED) is 0.774. The van der Waals surface area contributed by atoms with Crippen LogP contribution < -0.4 is 5.32 Å². The molecule has 0 spiro atoms. The van der Waals surface area contributed by atoms with Crippen LogP contribution in [-0.2, 0) is 21.4 Å². The molecule has 0 aromatic carbocycles. The average molecular weight is 394 g/mol. The monoisotopic (exact) mass is 394 g/mol. The lowest BCUT2D eigenvalue weighted by molar-refractivity contribution is -0.147. The fourth-order valence-electron chi connectivity index (χ4n) is 3.21. The van der Waals surface area contributed by atoms with Gasteiger partial charge in [-0.3, -0.25) is 19.1 Å². The third-order valence-electron chi connectivity index (χ3n) is 4.56. The molecule has 1 saturated heterocycles. The first-order chi connectivity index (χ1) is 12.8. The summed E-state index contributed by atoms with van der Waals surface area (Å²) >= 11 is 1.32. The zero-order valence-electron chi connectivity index (χ0n) is 15.4. The van der Waals surface area contributed by atoms with Gasteiger partial charge in [-0.2, -0.15) is 5.10 Å². The SMILES string of the molecule is Cc1nn(C)c2sc(C(=O)NC(C)C(=O)N3CCOCC3CC(=O)O)cc12. The summed E-state index contributed by atoms with van der Waals surface area (Å²) in [5.74, 6) is -1.63. The number of aliphatic carboxylic acids is 1. The minimum atomic E-state index is -0.991. The van der Waals surface area contributed by atoms with E-state index in [1.807, 2.05) is 14.0 Å². The van der Waals surface area contributed by atoms with Crippen LogP contribution in [0.15, 0.2) is 6.07 Å². The van der Waals surface area contributed by atoms with Gasteiger partial charge in [0.1, 0.15) is 10.9 Å². The minimum absolute atomic E-state index is 0.182. The molecule has 1 aliphatic heterocycles. The Morgan fingerprint density at radius 2 is 2.22 bits per heavy atom. The predicted molar refractivity (Wildman–Crippen MR) is 98.8 cm³/mol. The van der Waals surface area contributed by atoms with Gasteiger partial charge in [0.25, 0.3) is 5.91 Å². The molecule has 10 heteroatoms. The number of thiophene rings is 1. The van der Waals surface area contributed by atoms with Crippen LogP contribution in [0.25, 0.3) is 10.2 Å². The summed E-state index contributed by atoms with van der Waals surface area (Å²) in [5.41, 5.74) is 0.844. The third kappa shape index (κ3) is 3.96. The zero-order chi connectivity index (χ0) is 19.7. The highest BCUT2D eigenvalue weighted by atomic mass is 32.1. The molecule has 0 saturated carbocycles. The topological polar surface area (TPSA) is 114 Å². The normalized spacial score (nSPS) is 18.5. The first-order valence-corrected chi connectivity index (χ1v) is 9.43. The van der Waals surface area contributed by atoms with E-state index in [-0.39, 0.29) is 24.8 Å². The van der Waals surface area contributed by atoms with Gasteiger partial charge in [-0.25, -0.2) is 0 Å². The van der Waals surface area contributed by atoms with Crippen molar-refractivity contribution in [3.05, 3.63) is 16.6 Å². The Kier molecular flexibility index (Phi) is 5.47. The number of nitrogens with one attached hydrogen (secondary N) is 1. The number of ether oxygens (including phenoxy) is 1. The molecule has 2 atom stereocenters. The summed E-state index contributed by atoms with van der Waals surface area (Å²) in [6, 6.07) is 0.481. The van der Waals surface area contributed by atoms with Gasteiger partial charge in [0, 0.05) is 19.0 Å². The van der Waals surface area contributed by atoms with Crippen LogP contribution in [0.1, 0.15) is 28.7 Å². The number of fused-ring (bicyclic) bond motifs is 1. The maximum atomic E-state index is 12.7. The van der Waals surface area contributed by atoms with Crippen LogP contribution in [-0.4, -0.2) is 69.4 Å². The fraction of sp³-hybridized carbons (Fsp3) is 0.529. The zero-order valence-corrected chi connectivity index (χ0v) is 16.2. The second-order valence-electron chi connectivity index (χ2n) is 6.59. The number of morpholine rings is 1. The van der Waals surface area contributed by atoms with Crippen LogP contribution in [0.3, 0.4) is 0 Å². The second-order valence-corrected chi connectivity index (χ2v) is 7.62. The van der Waals surface area contributed by atoms with Gasteiger partial charge in [0.15, 0.2) is 0 Å². The number of carboxylic acid groups (broad SMARTS) is 1. The number of amides is 2. The minimum Gasteiger partial charge on any atom is -0.481 e. The van der Waals surface area contributed by atoms with E-state index in [1.165, 1.54) is 16.2 Å². The number of carboxylic acids is 1. The van der Waals surface area contributed by atoms with Crippen molar-refractivity contribution < 1.29 is 24.2 Å². The largest absolute Gasteiger partial charge is 0.481 e. The molecule has 0 aliphatic carbocycles. The van der Waals surface area contributed by atoms with Gasteiger partial charge in [-0.1, -0.05) is 0 Å². The Balaban J connectivity index is 1.69. The van der Waals surface area contributed by atoms with Crippen LogP contribution >= 0.6 is 11.3 Å². The van der Waals surface area contributed by atoms with Gasteiger partial charge in [-0.15, -0.1) is 11.3 Å². The Morgan fingerprint density at radius 1 is 1.48 bits per heavy atom. The highest BCUT2D eigenvalue weighted by molar-refractivity contribution is 7.20. The summed E-state index contributed by atoms with van der Waals surface area (Å²) in [7, 11) is 1.82. The highest BCUT2D eigenvalue weighted by Crippen LogP contribution is 2.27. The van der Waals surface area contributed by atoms with Crippen molar-refractivity contribution in [2.24, 2.45) is 7.05 Å². The molecule has 2 unspecified atom stereocenters. The molecule has 2 N–H and O–H groups in total. The van der Waals surface area contributed by atoms with Crippen molar-refractivity contribution in [1.29, 1.82) is 0 Å². The Bertz CT molecular complexity index is 855. The number of hydrogen-bond acceptors (Lipinski definition) is 6. The Labute approximate surface area is 159 Å². The molecule has 9 nitrogen and oxygen atoms in total. The maximum absolute atomic E-state index is 12.7. The number of aromatic nitrogens is 2. The van der Waals surface area contributed by atoms with Crippen LogP contribution in [0.5, 0.6) is 0 Å². The fourth-order valence-corrected chi connectivity index (χ4v) is 4.24. The van der Waals surface area contributed by atoms with Crippen molar-refractivity contribution in [1.82, 2.24) is 20.0 Å². The van der Waals surface area contributed by atoms with E-state index in [0.29, 0.717) is 18.0 Å². The van der Waals surface area contributed by atoms with Crippen molar-refractivity contribution in [2.75, 3.05) is 19.8 Å². The summed E-state index contributed by atoms with van der Waals surface area (Å²) in [4.78, 5) is 39.2. The van der Waals surface area contributed by atoms with Crippen molar-refractivity contribution in [3.63, 3.8) is 0 Å². The summed E-state index contributed by atoms with van der Waals surface area (Å²) in [6.45, 7) is 4.33. The number of carbonyl (C=O) groups excluding carboxylic acids is 2. The van der Waals surface area contributed by atoms with E-state index in [9.17, 15) is 14.4 Å². The van der Waals surface area contributed by atoms with E-state index >= 15 is 0 Å². The lowest BCUT2D eigenvalue weighted by Crippen LogP contribution is -2.55. The van der Waals surface area contributed by atoms with E-state index in [0.717, 1.165) is 15.9 Å². The Hall–Kier alpha value is -2.46. The molecule has 27 heavy (non-hydrogen) atoms. The van der Waals surface area contributed by atoms with Gasteiger partial charge < -0.3 is 20.1 Å². The standard InChI is InChI=1S/C17H22N4O5S/c1-9-12-7-13(27-17(12)20(3)19-9)15(24)18-10(2)16(25)21-4-5-26-8-11(21)6-14(22)23/h7,10-11H,4-6,8H2,1-3H3,(H,18,24)(H,22,23). The van der Waals surface area contributed by atoms with E-state index in [2.05, 4.69) is 10.4 Å². The molecular formula is C17H22N4O5S. The summed E-state index contributed by atoms with van der Waals surface area (Å²) in [5, 5.41) is 17.0. The highest BCUT2D eigenvalue weighted by Gasteiger charge is 2.32. The second kappa shape index (κ2) is 7.65. The smallest absolute Gasteiger partial charge is 0.305 e. The molecule has 1 fully saturated rings. The number of nitrogens with zero attached hydrogens (tertiary/aromatic N) is 3. The van der Waals surface area contributed by atoms with Gasteiger partial charge >= 0.3 is 5.97 Å². The molecule has 3 heterocycles. The van der Waals surface area contributed by atoms with E-state index < -0.39 is 18.1 Å². The van der Waals surface area contributed by atoms with Crippen molar-refractivity contribution >= 4 is 39.3 Å². The van der Waals surface area contributed by atoms with Gasteiger partial charge in [-0.05, 0) is 19.9 Å². The molecule has 2 aromatic heterocycles. The van der Waals surface area contributed by atoms with E-state index in [4.69, 9.17) is 9.84 Å². The number of aryl methyl sites for hydroxylation is 2. The third-order valence-corrected chi connectivity index (χ3v) is 5.76. The van der Waals surface area contributed by atoms with Gasteiger partial charge in [0.2, 0.25) is 5.91 Å². The average Bonchev–Trinajstić information content (AvgIpc) is 3.16. The van der Waals surface area contributed by atoms with Crippen LogP contribution in [0.2, 0.25) is 0 Å². The Morgan fingerprint density at radius 3 is 2.89 bits per heavy atom. The summed E-state index contributed by atoms with van der Waals surface area (Å²) in [6.07, 6.45) is -0.186. The summed E-state index contributed by atoms with van der Waals surface area (Å²) < 4.78 is 7.02. The molecule has 2 aromatic rings. The number of rotatable bonds is 5. The van der Waals surface area contributed by atoms with Crippen LogP contribution in [0.4, 0.5) is 0 Å². The first kappa shape index (κ1) is 19.3. The lowest BCUT2D eigenvalue weighted by Gasteiger charge is -2.36.